The van der Waals surface area contributed by atoms with Crippen molar-refractivity contribution < 1.29 is 4.74 Å². The summed E-state index contributed by atoms with van der Waals surface area (Å²) in [7, 11) is 0. The van der Waals surface area contributed by atoms with Crippen molar-refractivity contribution in [1.82, 2.24) is 0 Å². The Morgan fingerprint density at radius 2 is 1.57 bits per heavy atom. The van der Waals surface area contributed by atoms with E-state index in [0.29, 0.717) is 0 Å². The zero-order valence-electron chi connectivity index (χ0n) is 13.2. The van der Waals surface area contributed by atoms with E-state index in [1.165, 1.54) is 36.8 Å². The highest BCUT2D eigenvalue weighted by atomic mass is 16.5. The highest BCUT2D eigenvalue weighted by Gasteiger charge is 2.12. The molecule has 0 aliphatic heterocycles. The van der Waals surface area contributed by atoms with Crippen LogP contribution in [-0.4, -0.2) is 0 Å². The predicted octanol–water partition coefficient (Wildman–Crippen LogP) is 6.09. The molecule has 0 radical (unpaired) electrons. The Balaban J connectivity index is 2.02. The van der Waals surface area contributed by atoms with E-state index in [2.05, 4.69) is 68.4 Å². The summed E-state index contributed by atoms with van der Waals surface area (Å²) in [4.78, 5) is 0. The standard InChI is InChI=1S/C20H26O/c1-3-4-5-9-12-20(18-10-7-6-8-11-18)21-19-15-13-17(2)14-16-19/h6-8,10-11,13-16,20H,3-5,9,12H2,1-2H3. The summed E-state index contributed by atoms with van der Waals surface area (Å²) in [6.07, 6.45) is 6.33. The van der Waals surface area contributed by atoms with Crippen LogP contribution in [0.5, 0.6) is 5.75 Å². The lowest BCUT2D eigenvalue weighted by atomic mass is 10.0. The van der Waals surface area contributed by atoms with E-state index in [1.54, 1.807) is 0 Å². The van der Waals surface area contributed by atoms with Gasteiger partial charge in [0.25, 0.3) is 0 Å². The summed E-state index contributed by atoms with van der Waals surface area (Å²) in [6.45, 7) is 4.35. The molecule has 21 heavy (non-hydrogen) atoms. The molecule has 0 N–H and O–H groups in total. The molecule has 1 heteroatoms. The number of benzene rings is 2. The Bertz CT molecular complexity index is 501. The van der Waals surface area contributed by atoms with Gasteiger partial charge >= 0.3 is 0 Å². The molecule has 1 nitrogen and oxygen atoms in total. The Morgan fingerprint density at radius 1 is 0.857 bits per heavy atom. The Labute approximate surface area is 129 Å². The van der Waals surface area contributed by atoms with Crippen molar-refractivity contribution in [2.24, 2.45) is 0 Å². The summed E-state index contributed by atoms with van der Waals surface area (Å²) in [6, 6.07) is 18.9. The van der Waals surface area contributed by atoms with Crippen LogP contribution in [0.25, 0.3) is 0 Å². The molecule has 2 aromatic rings. The highest BCUT2D eigenvalue weighted by Crippen LogP contribution is 2.27. The molecule has 0 saturated carbocycles. The van der Waals surface area contributed by atoms with E-state index in [4.69, 9.17) is 4.74 Å². The van der Waals surface area contributed by atoms with Crippen LogP contribution in [-0.2, 0) is 0 Å². The van der Waals surface area contributed by atoms with Crippen LogP contribution in [0.3, 0.4) is 0 Å². The number of rotatable bonds is 8. The van der Waals surface area contributed by atoms with Gasteiger partial charge in [-0.25, -0.2) is 0 Å². The van der Waals surface area contributed by atoms with Crippen molar-refractivity contribution in [3.63, 3.8) is 0 Å². The minimum absolute atomic E-state index is 0.158. The summed E-state index contributed by atoms with van der Waals surface area (Å²) in [5.74, 6) is 0.963. The molecule has 2 aromatic carbocycles. The van der Waals surface area contributed by atoms with Gasteiger partial charge in [0.1, 0.15) is 11.9 Å². The Kier molecular flexibility index (Phi) is 6.33. The Morgan fingerprint density at radius 3 is 2.24 bits per heavy atom. The van der Waals surface area contributed by atoms with Gasteiger partial charge in [0.15, 0.2) is 0 Å². The molecule has 0 spiro atoms. The molecule has 0 saturated heterocycles. The van der Waals surface area contributed by atoms with Gasteiger partial charge in [0, 0.05) is 0 Å². The lowest BCUT2D eigenvalue weighted by molar-refractivity contribution is 0.190. The van der Waals surface area contributed by atoms with Crippen LogP contribution in [0.15, 0.2) is 54.6 Å². The van der Waals surface area contributed by atoms with Gasteiger partial charge in [0.05, 0.1) is 0 Å². The van der Waals surface area contributed by atoms with Crippen LogP contribution < -0.4 is 4.74 Å². The fourth-order valence-electron chi connectivity index (χ4n) is 2.50. The van der Waals surface area contributed by atoms with Gasteiger partial charge < -0.3 is 4.74 Å². The SMILES string of the molecule is CCCCCCC(Oc1ccc(C)cc1)c1ccccc1. The first-order valence-corrected chi connectivity index (χ1v) is 8.08. The Hall–Kier alpha value is -1.76. The zero-order valence-corrected chi connectivity index (χ0v) is 13.2. The van der Waals surface area contributed by atoms with Gasteiger partial charge in [0.2, 0.25) is 0 Å². The lowest BCUT2D eigenvalue weighted by Gasteiger charge is -2.20. The summed E-state index contributed by atoms with van der Waals surface area (Å²) >= 11 is 0. The third-order valence-electron chi connectivity index (χ3n) is 3.79. The third-order valence-corrected chi connectivity index (χ3v) is 3.79. The molecule has 0 aliphatic carbocycles. The molecule has 0 fully saturated rings. The van der Waals surface area contributed by atoms with E-state index in [0.717, 1.165) is 12.2 Å². The molecule has 0 amide bonds. The maximum Gasteiger partial charge on any atom is 0.124 e. The van der Waals surface area contributed by atoms with Crippen molar-refractivity contribution in [2.75, 3.05) is 0 Å². The summed E-state index contributed by atoms with van der Waals surface area (Å²) in [5.41, 5.74) is 2.54. The normalized spacial score (nSPS) is 12.1. The fourth-order valence-corrected chi connectivity index (χ4v) is 2.50. The fraction of sp³-hybridized carbons (Fsp3) is 0.400. The molecule has 112 valence electrons. The van der Waals surface area contributed by atoms with E-state index < -0.39 is 0 Å². The molecule has 0 heterocycles. The van der Waals surface area contributed by atoms with Gasteiger partial charge in [-0.3, -0.25) is 0 Å². The van der Waals surface area contributed by atoms with Crippen LogP contribution in [0.2, 0.25) is 0 Å². The molecule has 0 bridgehead atoms. The smallest absolute Gasteiger partial charge is 0.124 e. The first kappa shape index (κ1) is 15.6. The van der Waals surface area contributed by atoms with Crippen LogP contribution in [0, 0.1) is 6.92 Å². The number of aryl methyl sites for hydroxylation is 1. The number of ether oxygens (including phenoxy) is 1. The van der Waals surface area contributed by atoms with Gasteiger partial charge in [-0.15, -0.1) is 0 Å². The van der Waals surface area contributed by atoms with Gasteiger partial charge in [-0.1, -0.05) is 74.2 Å². The van der Waals surface area contributed by atoms with Crippen LogP contribution in [0.1, 0.15) is 56.3 Å². The second-order valence-corrected chi connectivity index (χ2v) is 5.68. The molecule has 0 aromatic heterocycles. The van der Waals surface area contributed by atoms with E-state index in [9.17, 15) is 0 Å². The first-order chi connectivity index (χ1) is 10.3. The summed E-state index contributed by atoms with van der Waals surface area (Å²) in [5, 5.41) is 0. The number of hydrogen-bond donors (Lipinski definition) is 0. The minimum atomic E-state index is 0.158. The van der Waals surface area contributed by atoms with Crippen molar-refractivity contribution in [3.05, 3.63) is 65.7 Å². The van der Waals surface area contributed by atoms with E-state index in [1.807, 2.05) is 0 Å². The number of unbranched alkanes of at least 4 members (excludes halogenated alkanes) is 3. The van der Waals surface area contributed by atoms with Crippen molar-refractivity contribution in [1.29, 1.82) is 0 Å². The van der Waals surface area contributed by atoms with Crippen LogP contribution >= 0.6 is 0 Å². The zero-order chi connectivity index (χ0) is 14.9. The molecule has 0 aliphatic rings. The molecule has 2 rings (SSSR count). The minimum Gasteiger partial charge on any atom is -0.486 e. The first-order valence-electron chi connectivity index (χ1n) is 8.08. The topological polar surface area (TPSA) is 9.23 Å². The monoisotopic (exact) mass is 282 g/mol. The van der Waals surface area contributed by atoms with Gasteiger partial charge in [-0.2, -0.15) is 0 Å². The largest absolute Gasteiger partial charge is 0.486 e. The van der Waals surface area contributed by atoms with Crippen LogP contribution in [0.4, 0.5) is 0 Å². The predicted molar refractivity (Wildman–Crippen MR) is 89.7 cm³/mol. The van der Waals surface area contributed by atoms with E-state index >= 15 is 0 Å². The molecule has 1 atom stereocenters. The summed E-state index contributed by atoms with van der Waals surface area (Å²) < 4.78 is 6.24. The quantitative estimate of drug-likeness (QED) is 0.533. The lowest BCUT2D eigenvalue weighted by Crippen LogP contribution is -2.07. The van der Waals surface area contributed by atoms with Crippen molar-refractivity contribution in [2.45, 2.75) is 52.1 Å². The molecular formula is C20H26O. The third kappa shape index (κ3) is 5.26. The van der Waals surface area contributed by atoms with E-state index in [-0.39, 0.29) is 6.10 Å². The highest BCUT2D eigenvalue weighted by molar-refractivity contribution is 5.28. The second kappa shape index (κ2) is 8.51. The molecule has 1 unspecified atom stereocenters. The van der Waals surface area contributed by atoms with Crippen molar-refractivity contribution >= 4 is 0 Å². The number of hydrogen-bond acceptors (Lipinski definition) is 1. The van der Waals surface area contributed by atoms with Gasteiger partial charge in [-0.05, 0) is 37.5 Å². The second-order valence-electron chi connectivity index (χ2n) is 5.68. The maximum absolute atomic E-state index is 6.24. The molecular weight excluding hydrogens is 256 g/mol. The van der Waals surface area contributed by atoms with Crippen molar-refractivity contribution in [3.8, 4) is 5.75 Å². The maximum atomic E-state index is 6.24. The average molecular weight is 282 g/mol. The average Bonchev–Trinajstić information content (AvgIpc) is 2.53.